The third kappa shape index (κ3) is 3.17. The summed E-state index contributed by atoms with van der Waals surface area (Å²) >= 11 is 3.57. The van der Waals surface area contributed by atoms with Crippen LogP contribution in [-0.2, 0) is 7.05 Å². The number of rotatable bonds is 3. The van der Waals surface area contributed by atoms with Gasteiger partial charge in [-0.15, -0.1) is 0 Å². The molecule has 1 aromatic rings. The molecule has 1 saturated heterocycles. The molecule has 7 heteroatoms. The lowest BCUT2D eigenvalue weighted by molar-refractivity contribution is 0.174. The summed E-state index contributed by atoms with van der Waals surface area (Å²) in [5, 5.41) is 4.29. The Kier molecular flexibility index (Phi) is 4.97. The zero-order valence-electron chi connectivity index (χ0n) is 11.8. The summed E-state index contributed by atoms with van der Waals surface area (Å²) in [7, 11) is 6.28. The number of nitrogens with one attached hydrogen (secondary N) is 1. The molecule has 2 heterocycles. The van der Waals surface area contributed by atoms with E-state index in [9.17, 15) is 0 Å². The van der Waals surface area contributed by atoms with Crippen molar-refractivity contribution >= 4 is 15.9 Å². The zero-order valence-corrected chi connectivity index (χ0v) is 13.4. The molecule has 2 rings (SSSR count). The molecule has 0 amide bonds. The Labute approximate surface area is 123 Å². The van der Waals surface area contributed by atoms with Gasteiger partial charge >= 0.3 is 0 Å². The van der Waals surface area contributed by atoms with E-state index in [0.717, 1.165) is 29.8 Å². The van der Waals surface area contributed by atoms with Gasteiger partial charge in [-0.2, -0.15) is 5.10 Å². The Morgan fingerprint density at radius 1 is 1.42 bits per heavy atom. The Morgan fingerprint density at radius 3 is 2.74 bits per heavy atom. The van der Waals surface area contributed by atoms with E-state index in [0.29, 0.717) is 6.04 Å². The van der Waals surface area contributed by atoms with Crippen molar-refractivity contribution in [3.05, 3.63) is 16.4 Å². The van der Waals surface area contributed by atoms with Gasteiger partial charge in [-0.3, -0.25) is 10.5 Å². The summed E-state index contributed by atoms with van der Waals surface area (Å²) in [4.78, 5) is 4.75. The lowest BCUT2D eigenvalue weighted by Gasteiger charge is -2.34. The third-order valence-electron chi connectivity index (χ3n) is 3.91. The monoisotopic (exact) mass is 330 g/mol. The first-order valence-corrected chi connectivity index (χ1v) is 7.36. The van der Waals surface area contributed by atoms with Crippen molar-refractivity contribution < 1.29 is 0 Å². The van der Waals surface area contributed by atoms with E-state index in [1.165, 1.54) is 6.42 Å². The number of hydrogen-bond acceptors (Lipinski definition) is 5. The van der Waals surface area contributed by atoms with E-state index in [2.05, 4.69) is 50.3 Å². The van der Waals surface area contributed by atoms with Crippen molar-refractivity contribution in [2.75, 3.05) is 33.7 Å². The molecular formula is C12H23BrN6. The van der Waals surface area contributed by atoms with Gasteiger partial charge in [0.2, 0.25) is 0 Å². The SMILES string of the molecule is CN1CCCN(C)C(C(NN)c2c(Br)cnn2C)C1. The highest BCUT2D eigenvalue weighted by Crippen LogP contribution is 2.27. The number of halogens is 1. The normalized spacial score (nSPS) is 24.4. The van der Waals surface area contributed by atoms with E-state index in [4.69, 9.17) is 5.84 Å². The van der Waals surface area contributed by atoms with Crippen LogP contribution in [0.2, 0.25) is 0 Å². The molecule has 3 N–H and O–H groups in total. The van der Waals surface area contributed by atoms with Crippen LogP contribution < -0.4 is 11.3 Å². The number of aromatic nitrogens is 2. The lowest BCUT2D eigenvalue weighted by Crippen LogP contribution is -2.49. The Bertz CT molecular complexity index is 401. The van der Waals surface area contributed by atoms with Crippen molar-refractivity contribution in [2.24, 2.45) is 12.9 Å². The van der Waals surface area contributed by atoms with Crippen LogP contribution in [0.1, 0.15) is 18.2 Å². The minimum atomic E-state index is 0.0485. The van der Waals surface area contributed by atoms with Gasteiger partial charge in [-0.05, 0) is 49.5 Å². The van der Waals surface area contributed by atoms with Crippen LogP contribution in [0.5, 0.6) is 0 Å². The van der Waals surface area contributed by atoms with E-state index >= 15 is 0 Å². The van der Waals surface area contributed by atoms with Crippen LogP contribution >= 0.6 is 15.9 Å². The molecular weight excluding hydrogens is 308 g/mol. The van der Waals surface area contributed by atoms with Crippen molar-refractivity contribution in [2.45, 2.75) is 18.5 Å². The third-order valence-corrected chi connectivity index (χ3v) is 4.52. The van der Waals surface area contributed by atoms with Gasteiger partial charge in [-0.1, -0.05) is 0 Å². The summed E-state index contributed by atoms with van der Waals surface area (Å²) in [5.74, 6) is 5.83. The molecule has 1 aliphatic rings. The number of hydrazine groups is 1. The molecule has 6 nitrogen and oxygen atoms in total. The topological polar surface area (TPSA) is 62.4 Å². The summed E-state index contributed by atoms with van der Waals surface area (Å²) in [6, 6.07) is 0.372. The van der Waals surface area contributed by atoms with Crippen LogP contribution in [0.3, 0.4) is 0 Å². The standard InChI is InChI=1S/C12H23BrN6/c1-17-5-4-6-18(2)10(8-17)11(16-14)12-9(13)7-15-19(12)3/h7,10-11,16H,4-6,8,14H2,1-3H3. The summed E-state index contributed by atoms with van der Waals surface area (Å²) in [6.07, 6.45) is 3.01. The predicted octanol–water partition coefficient (Wildman–Crippen LogP) is 0.323. The Hall–Kier alpha value is -0.470. The predicted molar refractivity (Wildman–Crippen MR) is 79.5 cm³/mol. The van der Waals surface area contributed by atoms with Crippen LogP contribution in [0.15, 0.2) is 10.7 Å². The Balaban J connectivity index is 2.29. The first-order chi connectivity index (χ1) is 9.04. The van der Waals surface area contributed by atoms with Gasteiger partial charge in [0.05, 0.1) is 22.4 Å². The molecule has 0 aliphatic carbocycles. The summed E-state index contributed by atoms with van der Waals surface area (Å²) in [5.41, 5.74) is 4.07. The summed E-state index contributed by atoms with van der Waals surface area (Å²) < 4.78 is 2.88. The van der Waals surface area contributed by atoms with E-state index in [1.54, 1.807) is 0 Å². The lowest BCUT2D eigenvalue weighted by atomic mass is 10.0. The van der Waals surface area contributed by atoms with Gasteiger partial charge in [0.15, 0.2) is 0 Å². The fraction of sp³-hybridized carbons (Fsp3) is 0.750. The maximum Gasteiger partial charge on any atom is 0.0807 e. The second kappa shape index (κ2) is 6.32. The smallest absolute Gasteiger partial charge is 0.0807 e. The largest absolute Gasteiger partial charge is 0.305 e. The average Bonchev–Trinajstić information content (AvgIpc) is 2.60. The van der Waals surface area contributed by atoms with Gasteiger partial charge in [0.1, 0.15) is 0 Å². The first kappa shape index (κ1) is 14.9. The minimum absolute atomic E-state index is 0.0485. The molecule has 0 aromatic carbocycles. The first-order valence-electron chi connectivity index (χ1n) is 6.57. The van der Waals surface area contributed by atoms with Crippen molar-refractivity contribution in [3.8, 4) is 0 Å². The second-order valence-electron chi connectivity index (χ2n) is 5.31. The number of hydrogen-bond donors (Lipinski definition) is 2. The van der Waals surface area contributed by atoms with Gasteiger partial charge in [0, 0.05) is 19.6 Å². The number of aryl methyl sites for hydroxylation is 1. The molecule has 1 fully saturated rings. The number of nitrogens with two attached hydrogens (primary N) is 1. The van der Waals surface area contributed by atoms with Crippen molar-refractivity contribution in [3.63, 3.8) is 0 Å². The van der Waals surface area contributed by atoms with E-state index < -0.39 is 0 Å². The number of nitrogens with zero attached hydrogens (tertiary/aromatic N) is 4. The molecule has 19 heavy (non-hydrogen) atoms. The van der Waals surface area contributed by atoms with E-state index in [-0.39, 0.29) is 6.04 Å². The maximum absolute atomic E-state index is 5.83. The number of likely N-dealkylation sites (N-methyl/N-ethyl adjacent to an activating group) is 2. The van der Waals surface area contributed by atoms with Crippen molar-refractivity contribution in [1.29, 1.82) is 0 Å². The quantitative estimate of drug-likeness (QED) is 0.617. The highest BCUT2D eigenvalue weighted by Gasteiger charge is 2.32. The second-order valence-corrected chi connectivity index (χ2v) is 6.16. The van der Waals surface area contributed by atoms with Gasteiger partial charge < -0.3 is 9.80 Å². The average molecular weight is 331 g/mol. The zero-order chi connectivity index (χ0) is 14.0. The molecule has 0 radical (unpaired) electrons. The molecule has 0 saturated carbocycles. The molecule has 0 spiro atoms. The fourth-order valence-corrected chi connectivity index (χ4v) is 3.40. The van der Waals surface area contributed by atoms with Crippen molar-refractivity contribution in [1.82, 2.24) is 25.0 Å². The van der Waals surface area contributed by atoms with Crippen LogP contribution in [-0.4, -0.2) is 59.4 Å². The van der Waals surface area contributed by atoms with Gasteiger partial charge in [0.25, 0.3) is 0 Å². The van der Waals surface area contributed by atoms with Crippen LogP contribution in [0.4, 0.5) is 0 Å². The van der Waals surface area contributed by atoms with E-state index in [1.807, 2.05) is 17.9 Å². The molecule has 2 atom stereocenters. The van der Waals surface area contributed by atoms with Crippen LogP contribution in [0.25, 0.3) is 0 Å². The summed E-state index contributed by atoms with van der Waals surface area (Å²) in [6.45, 7) is 3.20. The molecule has 108 valence electrons. The fourth-order valence-electron chi connectivity index (χ4n) is 2.81. The molecule has 1 aliphatic heterocycles. The molecule has 2 unspecified atom stereocenters. The van der Waals surface area contributed by atoms with Gasteiger partial charge in [-0.25, -0.2) is 5.43 Å². The maximum atomic E-state index is 5.83. The molecule has 0 bridgehead atoms. The molecule has 1 aromatic heterocycles. The highest BCUT2D eigenvalue weighted by molar-refractivity contribution is 9.10. The Morgan fingerprint density at radius 2 is 2.16 bits per heavy atom. The minimum Gasteiger partial charge on any atom is -0.305 e. The highest BCUT2D eigenvalue weighted by atomic mass is 79.9. The van der Waals surface area contributed by atoms with Crippen LogP contribution in [0, 0.1) is 0 Å².